The van der Waals surface area contributed by atoms with E-state index in [1.807, 2.05) is 26.8 Å². The van der Waals surface area contributed by atoms with Gasteiger partial charge in [-0.05, 0) is 26.8 Å². The summed E-state index contributed by atoms with van der Waals surface area (Å²) in [7, 11) is 0. The zero-order chi connectivity index (χ0) is 16.0. The van der Waals surface area contributed by atoms with Crippen LogP contribution in [0, 0.1) is 0 Å². The Morgan fingerprint density at radius 2 is 2.18 bits per heavy atom. The summed E-state index contributed by atoms with van der Waals surface area (Å²) >= 11 is 1.52. The molecule has 2 rings (SSSR count). The fraction of sp³-hybridized carbons (Fsp3) is 0.429. The normalized spacial score (nSPS) is 11.0. The highest BCUT2D eigenvalue weighted by Gasteiger charge is 2.15. The summed E-state index contributed by atoms with van der Waals surface area (Å²) in [4.78, 5) is 25.0. The highest BCUT2D eigenvalue weighted by atomic mass is 32.1. The first-order chi connectivity index (χ1) is 10.4. The van der Waals surface area contributed by atoms with E-state index in [1.54, 1.807) is 17.9 Å². The number of hydrogen-bond acceptors (Lipinski definition) is 7. The molecule has 0 fully saturated rings. The largest absolute Gasteiger partial charge is 0.444 e. The minimum atomic E-state index is -0.496. The van der Waals surface area contributed by atoms with Crippen LogP contribution in [0.5, 0.6) is 0 Å². The van der Waals surface area contributed by atoms with Crippen molar-refractivity contribution >= 4 is 23.4 Å². The highest BCUT2D eigenvalue weighted by Crippen LogP contribution is 2.20. The number of thiazole rings is 1. The van der Waals surface area contributed by atoms with Gasteiger partial charge < -0.3 is 15.4 Å². The smallest absolute Gasteiger partial charge is 0.407 e. The lowest BCUT2D eigenvalue weighted by atomic mass is 10.2. The van der Waals surface area contributed by atoms with E-state index in [-0.39, 0.29) is 0 Å². The molecule has 2 aromatic heterocycles. The first kappa shape index (κ1) is 16.2. The van der Waals surface area contributed by atoms with Gasteiger partial charge in [-0.25, -0.2) is 14.8 Å². The van der Waals surface area contributed by atoms with Gasteiger partial charge in [0.2, 0.25) is 5.95 Å². The van der Waals surface area contributed by atoms with Gasteiger partial charge >= 0.3 is 6.09 Å². The Morgan fingerprint density at radius 1 is 1.36 bits per heavy atom. The summed E-state index contributed by atoms with van der Waals surface area (Å²) in [6.45, 7) is 6.39. The Bertz CT molecular complexity index is 610. The molecule has 0 aliphatic rings. The molecular weight excluding hydrogens is 302 g/mol. The number of nitrogens with zero attached hydrogens (tertiary/aromatic N) is 3. The number of amides is 1. The van der Waals surface area contributed by atoms with E-state index in [9.17, 15) is 4.79 Å². The van der Waals surface area contributed by atoms with Crippen LogP contribution < -0.4 is 10.6 Å². The number of alkyl carbamates (subject to hydrolysis) is 1. The van der Waals surface area contributed by atoms with E-state index in [0.29, 0.717) is 19.0 Å². The molecule has 0 spiro atoms. The van der Waals surface area contributed by atoms with E-state index in [4.69, 9.17) is 4.74 Å². The van der Waals surface area contributed by atoms with Crippen molar-refractivity contribution in [2.75, 3.05) is 18.4 Å². The van der Waals surface area contributed by atoms with E-state index < -0.39 is 11.7 Å². The van der Waals surface area contributed by atoms with Crippen molar-refractivity contribution in [3.63, 3.8) is 0 Å². The SMILES string of the molecule is CC(C)(C)OC(=O)NCCNc1nccc(-c2cncs2)n1. The lowest BCUT2D eigenvalue weighted by Gasteiger charge is -2.19. The molecule has 0 unspecified atom stereocenters. The number of ether oxygens (including phenoxy) is 1. The van der Waals surface area contributed by atoms with Crippen LogP contribution in [-0.2, 0) is 4.74 Å². The van der Waals surface area contributed by atoms with Crippen molar-refractivity contribution in [1.29, 1.82) is 0 Å². The zero-order valence-corrected chi connectivity index (χ0v) is 13.6. The third kappa shape index (κ3) is 5.28. The standard InChI is InChI=1S/C14H19N5O2S/c1-14(2,3)21-13(20)18-7-6-17-12-16-5-4-10(19-12)11-8-15-9-22-11/h4-5,8-9H,6-7H2,1-3H3,(H,18,20)(H,16,17,19). The summed E-state index contributed by atoms with van der Waals surface area (Å²) in [5, 5.41) is 5.72. The molecule has 22 heavy (non-hydrogen) atoms. The first-order valence-electron chi connectivity index (χ1n) is 6.87. The van der Waals surface area contributed by atoms with E-state index in [1.165, 1.54) is 11.3 Å². The molecular formula is C14H19N5O2S. The molecule has 7 nitrogen and oxygen atoms in total. The molecule has 0 bridgehead atoms. The first-order valence-corrected chi connectivity index (χ1v) is 7.75. The zero-order valence-electron chi connectivity index (χ0n) is 12.8. The summed E-state index contributed by atoms with van der Waals surface area (Å²) in [6, 6.07) is 1.83. The lowest BCUT2D eigenvalue weighted by molar-refractivity contribution is 0.0530. The van der Waals surface area contributed by atoms with Crippen LogP contribution in [0.25, 0.3) is 10.6 Å². The van der Waals surface area contributed by atoms with Gasteiger partial charge in [0.05, 0.1) is 16.1 Å². The van der Waals surface area contributed by atoms with Gasteiger partial charge in [0, 0.05) is 25.5 Å². The predicted molar refractivity (Wildman–Crippen MR) is 85.9 cm³/mol. The average Bonchev–Trinajstić information content (AvgIpc) is 2.96. The Hall–Kier alpha value is -2.22. The predicted octanol–water partition coefficient (Wildman–Crippen LogP) is 2.54. The lowest BCUT2D eigenvalue weighted by Crippen LogP contribution is -2.35. The van der Waals surface area contributed by atoms with Crippen LogP contribution in [0.1, 0.15) is 20.8 Å². The molecule has 0 aliphatic heterocycles. The Labute approximate surface area is 133 Å². The fourth-order valence-electron chi connectivity index (χ4n) is 1.58. The topological polar surface area (TPSA) is 89.0 Å². The van der Waals surface area contributed by atoms with Crippen molar-refractivity contribution < 1.29 is 9.53 Å². The Morgan fingerprint density at radius 3 is 2.86 bits per heavy atom. The number of carbonyl (C=O) groups excluding carboxylic acids is 1. The summed E-state index contributed by atoms with van der Waals surface area (Å²) in [5.74, 6) is 0.511. The van der Waals surface area contributed by atoms with E-state index >= 15 is 0 Å². The van der Waals surface area contributed by atoms with Crippen LogP contribution in [0.2, 0.25) is 0 Å². The number of aromatic nitrogens is 3. The third-order valence-electron chi connectivity index (χ3n) is 2.42. The van der Waals surface area contributed by atoms with E-state index in [2.05, 4.69) is 25.6 Å². The Kier molecular flexibility index (Phi) is 5.26. The molecule has 0 saturated carbocycles. The minimum Gasteiger partial charge on any atom is -0.444 e. The van der Waals surface area contributed by atoms with Crippen LogP contribution >= 0.6 is 11.3 Å². The summed E-state index contributed by atoms with van der Waals surface area (Å²) in [6.07, 6.45) is 3.01. The second-order valence-corrected chi connectivity index (χ2v) is 6.37. The molecule has 2 aromatic rings. The van der Waals surface area contributed by atoms with Crippen LogP contribution in [-0.4, -0.2) is 39.7 Å². The quantitative estimate of drug-likeness (QED) is 0.823. The van der Waals surface area contributed by atoms with Gasteiger partial charge in [0.25, 0.3) is 0 Å². The van der Waals surface area contributed by atoms with Crippen LogP contribution in [0.15, 0.2) is 24.0 Å². The Balaban J connectivity index is 1.78. The number of nitrogens with one attached hydrogen (secondary N) is 2. The molecule has 0 saturated heterocycles. The second kappa shape index (κ2) is 7.17. The number of rotatable bonds is 5. The average molecular weight is 321 g/mol. The maximum Gasteiger partial charge on any atom is 0.407 e. The van der Waals surface area contributed by atoms with Crippen molar-refractivity contribution in [2.24, 2.45) is 0 Å². The molecule has 0 atom stereocenters. The van der Waals surface area contributed by atoms with Crippen molar-refractivity contribution in [1.82, 2.24) is 20.3 Å². The monoisotopic (exact) mass is 321 g/mol. The molecule has 2 heterocycles. The second-order valence-electron chi connectivity index (χ2n) is 5.49. The summed E-state index contributed by atoms with van der Waals surface area (Å²) in [5.41, 5.74) is 2.08. The molecule has 8 heteroatoms. The van der Waals surface area contributed by atoms with Gasteiger partial charge in [-0.2, -0.15) is 0 Å². The maximum absolute atomic E-state index is 11.5. The van der Waals surface area contributed by atoms with Gasteiger partial charge in [0.1, 0.15) is 5.60 Å². The van der Waals surface area contributed by atoms with E-state index in [0.717, 1.165) is 10.6 Å². The molecule has 0 aromatic carbocycles. The van der Waals surface area contributed by atoms with Gasteiger partial charge in [0.15, 0.2) is 0 Å². The number of hydrogen-bond donors (Lipinski definition) is 2. The molecule has 2 N–H and O–H groups in total. The summed E-state index contributed by atoms with van der Waals surface area (Å²) < 4.78 is 5.14. The molecule has 118 valence electrons. The van der Waals surface area contributed by atoms with Crippen molar-refractivity contribution in [3.05, 3.63) is 24.0 Å². The minimum absolute atomic E-state index is 0.420. The third-order valence-corrected chi connectivity index (χ3v) is 3.21. The highest BCUT2D eigenvalue weighted by molar-refractivity contribution is 7.13. The van der Waals surface area contributed by atoms with Crippen LogP contribution in [0.3, 0.4) is 0 Å². The number of carbonyl (C=O) groups is 1. The molecule has 1 amide bonds. The molecule has 0 radical (unpaired) electrons. The van der Waals surface area contributed by atoms with Gasteiger partial charge in [-0.1, -0.05) is 0 Å². The van der Waals surface area contributed by atoms with Crippen molar-refractivity contribution in [3.8, 4) is 10.6 Å². The fourth-order valence-corrected chi connectivity index (χ4v) is 2.17. The van der Waals surface area contributed by atoms with Gasteiger partial charge in [-0.3, -0.25) is 4.98 Å². The van der Waals surface area contributed by atoms with Gasteiger partial charge in [-0.15, -0.1) is 11.3 Å². The number of anilines is 1. The maximum atomic E-state index is 11.5. The van der Waals surface area contributed by atoms with Crippen LogP contribution in [0.4, 0.5) is 10.7 Å². The molecule has 0 aliphatic carbocycles. The van der Waals surface area contributed by atoms with Crippen molar-refractivity contribution in [2.45, 2.75) is 26.4 Å².